The van der Waals surface area contributed by atoms with Gasteiger partial charge in [0.15, 0.2) is 5.13 Å². The van der Waals surface area contributed by atoms with Crippen LogP contribution >= 0.6 is 35.5 Å². The van der Waals surface area contributed by atoms with E-state index < -0.39 is 5.82 Å². The highest BCUT2D eigenvalue weighted by atomic mass is 35.5. The number of thiazole rings is 1. The zero-order chi connectivity index (χ0) is 20.1. The first-order valence-electron chi connectivity index (χ1n) is 9.30. The maximum Gasteiger partial charge on any atom is 0.260 e. The van der Waals surface area contributed by atoms with Crippen molar-refractivity contribution in [1.82, 2.24) is 9.88 Å². The predicted molar refractivity (Wildman–Crippen MR) is 125 cm³/mol. The van der Waals surface area contributed by atoms with E-state index >= 15 is 0 Å². The molecule has 156 valence electrons. The van der Waals surface area contributed by atoms with Crippen molar-refractivity contribution >= 4 is 56.8 Å². The second kappa shape index (κ2) is 10.9. The van der Waals surface area contributed by atoms with E-state index in [0.717, 1.165) is 34.7 Å². The van der Waals surface area contributed by atoms with Gasteiger partial charge in [-0.25, -0.2) is 9.37 Å². The fourth-order valence-corrected chi connectivity index (χ4v) is 4.68. The first-order valence-corrected chi connectivity index (χ1v) is 11.3. The van der Waals surface area contributed by atoms with Crippen LogP contribution in [0.5, 0.6) is 0 Å². The van der Waals surface area contributed by atoms with Crippen molar-refractivity contribution in [2.45, 2.75) is 18.7 Å². The number of carbonyl (C=O) groups excluding carboxylic acids is 1. The topological polar surface area (TPSA) is 36.4 Å². The van der Waals surface area contributed by atoms with Gasteiger partial charge in [-0.15, -0.1) is 24.2 Å². The number of para-hydroxylation sites is 1. The Bertz CT molecular complexity index is 962. The number of carbonyl (C=O) groups is 1. The summed E-state index contributed by atoms with van der Waals surface area (Å²) in [6.07, 6.45) is 2.02. The molecule has 0 atom stereocenters. The number of thioether (sulfide) groups is 1. The van der Waals surface area contributed by atoms with Crippen molar-refractivity contribution in [1.29, 1.82) is 0 Å². The molecule has 2 aromatic carbocycles. The van der Waals surface area contributed by atoms with Gasteiger partial charge >= 0.3 is 0 Å². The van der Waals surface area contributed by atoms with Crippen LogP contribution in [-0.2, 0) is 0 Å². The number of likely N-dealkylation sites (N-methyl/N-ethyl adjacent to an activating group) is 1. The molecule has 0 fully saturated rings. The van der Waals surface area contributed by atoms with Gasteiger partial charge in [0, 0.05) is 23.5 Å². The Morgan fingerprint density at radius 3 is 2.52 bits per heavy atom. The Balaban J connectivity index is 0.00000300. The molecule has 0 spiro atoms. The number of benzene rings is 2. The molecule has 0 N–H and O–H groups in total. The molecule has 4 nitrogen and oxygen atoms in total. The Hall–Kier alpha value is -1.67. The number of fused-ring (bicyclic) bond motifs is 1. The minimum atomic E-state index is -0.413. The molecule has 8 heteroatoms. The van der Waals surface area contributed by atoms with Gasteiger partial charge in [-0.05, 0) is 49.7 Å². The van der Waals surface area contributed by atoms with E-state index in [1.165, 1.54) is 23.5 Å². The molecule has 0 saturated heterocycles. The van der Waals surface area contributed by atoms with Crippen LogP contribution in [0.25, 0.3) is 10.2 Å². The molecule has 0 aliphatic carbocycles. The first kappa shape index (κ1) is 23.6. The van der Waals surface area contributed by atoms with Gasteiger partial charge in [0.2, 0.25) is 0 Å². The Labute approximate surface area is 185 Å². The summed E-state index contributed by atoms with van der Waals surface area (Å²) in [5.74, 6) is -0.639. The molecule has 1 amide bonds. The van der Waals surface area contributed by atoms with E-state index in [9.17, 15) is 9.18 Å². The van der Waals surface area contributed by atoms with Crippen LogP contribution in [0.3, 0.4) is 0 Å². The normalized spacial score (nSPS) is 10.9. The van der Waals surface area contributed by atoms with Gasteiger partial charge in [0.1, 0.15) is 5.82 Å². The summed E-state index contributed by atoms with van der Waals surface area (Å²) in [5, 5.41) is 0.651. The third-order valence-corrected chi connectivity index (χ3v) is 6.49. The molecule has 3 rings (SSSR count). The van der Waals surface area contributed by atoms with Crippen LogP contribution in [-0.4, -0.2) is 48.2 Å². The number of aromatic nitrogens is 1. The predicted octanol–water partition coefficient (Wildman–Crippen LogP) is 5.57. The molecule has 0 unspecified atom stereocenters. The summed E-state index contributed by atoms with van der Waals surface area (Å²) in [4.78, 5) is 23.0. The fourth-order valence-electron chi connectivity index (χ4n) is 3.03. The number of rotatable bonds is 8. The molecular weight excluding hydrogens is 429 g/mol. The van der Waals surface area contributed by atoms with Gasteiger partial charge in [-0.3, -0.25) is 9.69 Å². The summed E-state index contributed by atoms with van der Waals surface area (Å²) in [5.41, 5.74) is 1.25. The maximum absolute atomic E-state index is 13.7. The number of nitrogens with zero attached hydrogens (tertiary/aromatic N) is 3. The molecule has 1 heterocycles. The molecule has 0 aliphatic heterocycles. The quantitative estimate of drug-likeness (QED) is 0.418. The standard InChI is InChI=1S/C21H24FN3OS2.ClH/c1-4-24(5-2)12-13-25(20(26)15-8-6-9-16(22)14-15)21-23-19-17(27-3)10-7-11-18(19)28-21;/h6-11,14H,4-5,12-13H2,1-3H3;1H. The van der Waals surface area contributed by atoms with E-state index in [2.05, 4.69) is 18.7 Å². The lowest BCUT2D eigenvalue weighted by atomic mass is 10.2. The molecule has 0 radical (unpaired) electrons. The lowest BCUT2D eigenvalue weighted by molar-refractivity contribution is 0.0983. The molecule has 0 aliphatic rings. The summed E-state index contributed by atoms with van der Waals surface area (Å²) in [6.45, 7) is 7.27. The van der Waals surface area contributed by atoms with Crippen LogP contribution in [0.15, 0.2) is 47.4 Å². The lowest BCUT2D eigenvalue weighted by Crippen LogP contribution is -2.38. The van der Waals surface area contributed by atoms with Gasteiger partial charge in [0.05, 0.1) is 10.2 Å². The van der Waals surface area contributed by atoms with Gasteiger partial charge < -0.3 is 4.90 Å². The maximum atomic E-state index is 13.7. The van der Waals surface area contributed by atoms with Crippen LogP contribution in [0, 0.1) is 5.82 Å². The molecule has 1 aromatic heterocycles. The van der Waals surface area contributed by atoms with Crippen molar-refractivity contribution in [3.63, 3.8) is 0 Å². The monoisotopic (exact) mass is 453 g/mol. The largest absolute Gasteiger partial charge is 0.302 e. The third-order valence-electron chi connectivity index (χ3n) is 4.67. The molecule has 3 aromatic rings. The number of halogens is 2. The second-order valence-corrected chi connectivity index (χ2v) is 8.15. The van der Waals surface area contributed by atoms with Crippen molar-refractivity contribution < 1.29 is 9.18 Å². The van der Waals surface area contributed by atoms with Crippen molar-refractivity contribution in [3.05, 3.63) is 53.8 Å². The highest BCUT2D eigenvalue weighted by Gasteiger charge is 2.22. The van der Waals surface area contributed by atoms with Gasteiger partial charge in [0.25, 0.3) is 5.91 Å². The fraction of sp³-hybridized carbons (Fsp3) is 0.333. The zero-order valence-electron chi connectivity index (χ0n) is 16.7. The Kier molecular flexibility index (Phi) is 8.89. The van der Waals surface area contributed by atoms with Crippen molar-refractivity contribution in [2.75, 3.05) is 37.3 Å². The van der Waals surface area contributed by atoms with Crippen molar-refractivity contribution in [2.24, 2.45) is 0 Å². The average molecular weight is 454 g/mol. The molecular formula is C21H25ClFN3OS2. The van der Waals surface area contributed by atoms with E-state index in [0.29, 0.717) is 17.2 Å². The zero-order valence-corrected chi connectivity index (χ0v) is 19.2. The van der Waals surface area contributed by atoms with E-state index in [1.807, 2.05) is 24.5 Å². The Morgan fingerprint density at radius 2 is 1.86 bits per heavy atom. The van der Waals surface area contributed by atoms with Gasteiger partial charge in [-0.1, -0.05) is 37.3 Å². The summed E-state index contributed by atoms with van der Waals surface area (Å²) >= 11 is 3.14. The summed E-state index contributed by atoms with van der Waals surface area (Å²) < 4.78 is 14.7. The highest BCUT2D eigenvalue weighted by Crippen LogP contribution is 2.34. The minimum absolute atomic E-state index is 0. The summed E-state index contributed by atoms with van der Waals surface area (Å²) in [7, 11) is 0. The van der Waals surface area contributed by atoms with Crippen LogP contribution in [0.4, 0.5) is 9.52 Å². The third kappa shape index (κ3) is 5.48. The van der Waals surface area contributed by atoms with E-state index in [-0.39, 0.29) is 18.3 Å². The number of hydrogen-bond acceptors (Lipinski definition) is 5. The minimum Gasteiger partial charge on any atom is -0.302 e. The first-order chi connectivity index (χ1) is 13.6. The van der Waals surface area contributed by atoms with E-state index in [1.54, 1.807) is 28.8 Å². The van der Waals surface area contributed by atoms with Crippen LogP contribution in [0.2, 0.25) is 0 Å². The molecule has 0 saturated carbocycles. The number of anilines is 1. The number of hydrogen-bond donors (Lipinski definition) is 0. The smallest absolute Gasteiger partial charge is 0.260 e. The molecule has 0 bridgehead atoms. The van der Waals surface area contributed by atoms with E-state index in [4.69, 9.17) is 4.98 Å². The lowest BCUT2D eigenvalue weighted by Gasteiger charge is -2.24. The summed E-state index contributed by atoms with van der Waals surface area (Å²) in [6, 6.07) is 11.9. The number of amides is 1. The highest BCUT2D eigenvalue weighted by molar-refractivity contribution is 7.98. The Morgan fingerprint density at radius 1 is 1.14 bits per heavy atom. The van der Waals surface area contributed by atoms with Crippen LogP contribution in [0.1, 0.15) is 24.2 Å². The van der Waals surface area contributed by atoms with Gasteiger partial charge in [-0.2, -0.15) is 0 Å². The SMILES string of the molecule is CCN(CC)CCN(C(=O)c1cccc(F)c1)c1nc2c(SC)cccc2s1.Cl. The van der Waals surface area contributed by atoms with Crippen LogP contribution < -0.4 is 4.90 Å². The van der Waals surface area contributed by atoms with Crippen molar-refractivity contribution in [3.8, 4) is 0 Å². The average Bonchev–Trinajstić information content (AvgIpc) is 3.14. The second-order valence-electron chi connectivity index (χ2n) is 6.30. The molecule has 29 heavy (non-hydrogen) atoms.